The zero-order chi connectivity index (χ0) is 22.5. The van der Waals surface area contributed by atoms with Gasteiger partial charge in [0.1, 0.15) is 17.1 Å². The van der Waals surface area contributed by atoms with Gasteiger partial charge in [-0.3, -0.25) is 9.48 Å². The first-order chi connectivity index (χ1) is 14.8. The molecule has 0 bridgehead atoms. The van der Waals surface area contributed by atoms with Gasteiger partial charge < -0.3 is 14.2 Å². The van der Waals surface area contributed by atoms with E-state index in [-0.39, 0.29) is 5.56 Å². The minimum absolute atomic E-state index is 0.275. The average Bonchev–Trinajstić information content (AvgIpc) is 3.05. The lowest BCUT2D eigenvalue weighted by atomic mass is 10.1. The molecule has 31 heavy (non-hydrogen) atoms. The third-order valence-electron chi connectivity index (χ3n) is 4.90. The molecule has 2 aromatic carbocycles. The number of carbonyl (C=O) groups is 2. The Hall–Kier alpha value is -3.32. The molecule has 0 spiro atoms. The number of ether oxygens (including phenoxy) is 3. The Labute approximate surface area is 185 Å². The molecule has 0 atom stereocenters. The molecule has 1 heterocycles. The number of Topliss-reactive ketones (excluding diaryl/α,β-unsaturated/α-hetero) is 1. The Kier molecular flexibility index (Phi) is 6.97. The van der Waals surface area contributed by atoms with E-state index < -0.39 is 18.4 Å². The van der Waals surface area contributed by atoms with Crippen LogP contribution < -0.4 is 9.47 Å². The Bertz CT molecular complexity index is 1120. The molecule has 0 saturated heterocycles. The quantitative estimate of drug-likeness (QED) is 0.383. The van der Waals surface area contributed by atoms with Crippen LogP contribution in [0.4, 0.5) is 0 Å². The molecule has 1 aromatic heterocycles. The summed E-state index contributed by atoms with van der Waals surface area (Å²) in [5, 5.41) is 5.06. The van der Waals surface area contributed by atoms with Crippen LogP contribution in [0.5, 0.6) is 11.5 Å². The standard InChI is InChI=1S/C23H23ClN2O5/c1-14-22(15(2)26(25-14)12-16-7-5-6-8-19(16)24)23(28)31-13-20(27)18-11-17(29-3)9-10-21(18)30-4/h5-11H,12-13H2,1-4H3. The molecular formula is C23H23ClN2O5. The van der Waals surface area contributed by atoms with Gasteiger partial charge in [0.25, 0.3) is 0 Å². The van der Waals surface area contributed by atoms with Gasteiger partial charge in [-0.2, -0.15) is 5.10 Å². The SMILES string of the molecule is COc1ccc(OC)c(C(=O)COC(=O)c2c(C)nn(Cc3ccccc3Cl)c2C)c1. The van der Waals surface area contributed by atoms with Crippen molar-refractivity contribution in [2.24, 2.45) is 0 Å². The molecule has 3 aromatic rings. The molecule has 0 saturated carbocycles. The highest BCUT2D eigenvalue weighted by Gasteiger charge is 2.22. The number of benzene rings is 2. The number of carbonyl (C=O) groups excluding carboxylic acids is 2. The van der Waals surface area contributed by atoms with Crippen molar-refractivity contribution in [3.8, 4) is 11.5 Å². The lowest BCUT2D eigenvalue weighted by Crippen LogP contribution is -2.16. The summed E-state index contributed by atoms with van der Waals surface area (Å²) < 4.78 is 17.4. The van der Waals surface area contributed by atoms with Gasteiger partial charge in [0.05, 0.1) is 37.7 Å². The number of esters is 1. The summed E-state index contributed by atoms with van der Waals surface area (Å²) in [5.74, 6) is -0.136. The number of methoxy groups -OCH3 is 2. The Morgan fingerprint density at radius 3 is 2.48 bits per heavy atom. The van der Waals surface area contributed by atoms with Crippen molar-refractivity contribution in [3.05, 3.63) is 75.6 Å². The summed E-state index contributed by atoms with van der Waals surface area (Å²) in [7, 11) is 2.96. The number of hydrogen-bond acceptors (Lipinski definition) is 6. The van der Waals surface area contributed by atoms with E-state index >= 15 is 0 Å². The Morgan fingerprint density at radius 1 is 1.06 bits per heavy atom. The molecule has 0 aliphatic heterocycles. The van der Waals surface area contributed by atoms with Crippen LogP contribution >= 0.6 is 11.6 Å². The molecule has 0 radical (unpaired) electrons. The van der Waals surface area contributed by atoms with Crippen LogP contribution in [0, 0.1) is 13.8 Å². The van der Waals surface area contributed by atoms with Crippen molar-refractivity contribution in [3.63, 3.8) is 0 Å². The maximum atomic E-state index is 12.7. The van der Waals surface area contributed by atoms with E-state index in [0.717, 1.165) is 5.56 Å². The van der Waals surface area contributed by atoms with Crippen molar-refractivity contribution < 1.29 is 23.8 Å². The molecule has 0 amide bonds. The monoisotopic (exact) mass is 442 g/mol. The maximum Gasteiger partial charge on any atom is 0.342 e. The average molecular weight is 443 g/mol. The molecule has 0 fully saturated rings. The Balaban J connectivity index is 1.75. The van der Waals surface area contributed by atoms with Crippen LogP contribution in [0.1, 0.15) is 37.7 Å². The van der Waals surface area contributed by atoms with Crippen molar-refractivity contribution in [2.45, 2.75) is 20.4 Å². The molecule has 0 aliphatic rings. The van der Waals surface area contributed by atoms with Gasteiger partial charge in [0, 0.05) is 5.02 Å². The minimum atomic E-state index is -0.615. The van der Waals surface area contributed by atoms with Gasteiger partial charge in [-0.05, 0) is 43.7 Å². The van der Waals surface area contributed by atoms with Gasteiger partial charge in [0.15, 0.2) is 6.61 Å². The van der Waals surface area contributed by atoms with Crippen LogP contribution in [0.25, 0.3) is 0 Å². The fraction of sp³-hybridized carbons (Fsp3) is 0.261. The molecular weight excluding hydrogens is 420 g/mol. The van der Waals surface area contributed by atoms with Gasteiger partial charge in [0.2, 0.25) is 5.78 Å². The topological polar surface area (TPSA) is 79.7 Å². The molecule has 8 heteroatoms. The van der Waals surface area contributed by atoms with E-state index in [1.165, 1.54) is 14.2 Å². The van der Waals surface area contributed by atoms with Crippen molar-refractivity contribution in [1.29, 1.82) is 0 Å². The maximum absolute atomic E-state index is 12.7. The fourth-order valence-electron chi connectivity index (χ4n) is 3.25. The van der Waals surface area contributed by atoms with Crippen molar-refractivity contribution >= 4 is 23.4 Å². The highest BCUT2D eigenvalue weighted by atomic mass is 35.5. The lowest BCUT2D eigenvalue weighted by Gasteiger charge is -2.10. The van der Waals surface area contributed by atoms with Gasteiger partial charge in [-0.15, -0.1) is 0 Å². The predicted octanol–water partition coefficient (Wildman–Crippen LogP) is 4.26. The Morgan fingerprint density at radius 2 is 1.81 bits per heavy atom. The molecule has 3 rings (SSSR count). The van der Waals surface area contributed by atoms with Crippen LogP contribution in [-0.4, -0.2) is 42.4 Å². The van der Waals surface area contributed by atoms with E-state index in [2.05, 4.69) is 5.10 Å². The van der Waals surface area contributed by atoms with Gasteiger partial charge in [-0.25, -0.2) is 4.79 Å². The van der Waals surface area contributed by atoms with E-state index in [9.17, 15) is 9.59 Å². The lowest BCUT2D eigenvalue weighted by molar-refractivity contribution is 0.0472. The molecule has 0 unspecified atom stereocenters. The first-order valence-electron chi connectivity index (χ1n) is 9.55. The summed E-state index contributed by atoms with van der Waals surface area (Å²) in [5.41, 5.74) is 2.64. The van der Waals surface area contributed by atoms with Crippen LogP contribution in [-0.2, 0) is 11.3 Å². The first-order valence-corrected chi connectivity index (χ1v) is 9.93. The largest absolute Gasteiger partial charge is 0.497 e. The second-order valence-electron chi connectivity index (χ2n) is 6.86. The van der Waals surface area contributed by atoms with E-state index in [4.69, 9.17) is 25.8 Å². The van der Waals surface area contributed by atoms with Crippen molar-refractivity contribution in [2.75, 3.05) is 20.8 Å². The fourth-order valence-corrected chi connectivity index (χ4v) is 3.44. The third-order valence-corrected chi connectivity index (χ3v) is 5.27. The number of hydrogen-bond donors (Lipinski definition) is 0. The second-order valence-corrected chi connectivity index (χ2v) is 7.27. The number of ketones is 1. The summed E-state index contributed by atoms with van der Waals surface area (Å²) in [4.78, 5) is 25.4. The van der Waals surface area contributed by atoms with E-state index in [1.54, 1.807) is 42.8 Å². The van der Waals surface area contributed by atoms with E-state index in [1.807, 2.05) is 18.2 Å². The number of aryl methyl sites for hydroxylation is 1. The van der Waals surface area contributed by atoms with Crippen LogP contribution in [0.2, 0.25) is 5.02 Å². The number of halogens is 1. The van der Waals surface area contributed by atoms with Gasteiger partial charge >= 0.3 is 5.97 Å². The summed E-state index contributed by atoms with van der Waals surface area (Å²) in [6.07, 6.45) is 0. The normalized spacial score (nSPS) is 10.6. The van der Waals surface area contributed by atoms with Crippen LogP contribution in [0.3, 0.4) is 0 Å². The minimum Gasteiger partial charge on any atom is -0.497 e. The first kappa shape index (κ1) is 22.4. The number of aromatic nitrogens is 2. The smallest absolute Gasteiger partial charge is 0.342 e. The zero-order valence-corrected chi connectivity index (χ0v) is 18.5. The van der Waals surface area contributed by atoms with E-state index in [0.29, 0.717) is 40.0 Å². The summed E-state index contributed by atoms with van der Waals surface area (Å²) >= 11 is 6.24. The van der Waals surface area contributed by atoms with Gasteiger partial charge in [-0.1, -0.05) is 29.8 Å². The predicted molar refractivity (Wildman–Crippen MR) is 116 cm³/mol. The second kappa shape index (κ2) is 9.66. The highest BCUT2D eigenvalue weighted by Crippen LogP contribution is 2.25. The molecule has 0 N–H and O–H groups in total. The molecule has 0 aliphatic carbocycles. The number of rotatable bonds is 8. The third kappa shape index (κ3) is 4.88. The van der Waals surface area contributed by atoms with Crippen molar-refractivity contribution in [1.82, 2.24) is 9.78 Å². The molecule has 162 valence electrons. The molecule has 7 nitrogen and oxygen atoms in total. The number of nitrogens with zero attached hydrogens (tertiary/aromatic N) is 2. The summed E-state index contributed by atoms with van der Waals surface area (Å²) in [6, 6.07) is 12.3. The van der Waals surface area contributed by atoms with Crippen LogP contribution in [0.15, 0.2) is 42.5 Å². The highest BCUT2D eigenvalue weighted by molar-refractivity contribution is 6.31. The summed E-state index contributed by atoms with van der Waals surface area (Å²) in [6.45, 7) is 3.48. The zero-order valence-electron chi connectivity index (χ0n) is 17.8.